The Morgan fingerprint density at radius 2 is 1.54 bits per heavy atom. The summed E-state index contributed by atoms with van der Waals surface area (Å²) in [5, 5.41) is 17.3. The number of aliphatic carboxylic acids is 1. The van der Waals surface area contributed by atoms with Crippen molar-refractivity contribution < 1.29 is 19.5 Å². The first kappa shape index (κ1) is 18.7. The van der Waals surface area contributed by atoms with Crippen molar-refractivity contribution in [1.82, 2.24) is 5.32 Å². The van der Waals surface area contributed by atoms with Gasteiger partial charge in [0, 0.05) is 29.2 Å². The van der Waals surface area contributed by atoms with E-state index in [2.05, 4.69) is 10.6 Å². The van der Waals surface area contributed by atoms with Crippen LogP contribution in [0.3, 0.4) is 0 Å². The smallest absolute Gasteiger partial charge is 0.251 e. The summed E-state index contributed by atoms with van der Waals surface area (Å²) in [5.41, 5.74) is 1.11. The maximum atomic E-state index is 12.7. The summed E-state index contributed by atoms with van der Waals surface area (Å²) in [4.78, 5) is 36.5. The number of nitrogens with one attached hydrogen (secondary N) is 2. The second kappa shape index (κ2) is 7.78. The van der Waals surface area contributed by atoms with Gasteiger partial charge in [-0.15, -0.1) is 0 Å². The van der Waals surface area contributed by atoms with Gasteiger partial charge in [0.2, 0.25) is 5.91 Å². The lowest BCUT2D eigenvalue weighted by Gasteiger charge is -2.27. The Morgan fingerprint density at radius 1 is 0.893 bits per heavy atom. The molecule has 1 aromatic carbocycles. The highest BCUT2D eigenvalue weighted by Crippen LogP contribution is 2.48. The molecule has 2 fully saturated rings. The molecule has 2 amide bonds. The third-order valence-corrected chi connectivity index (χ3v) is 6.39. The molecule has 0 spiro atoms. The fourth-order valence-electron chi connectivity index (χ4n) is 4.95. The maximum Gasteiger partial charge on any atom is 0.251 e. The van der Waals surface area contributed by atoms with Gasteiger partial charge < -0.3 is 20.5 Å². The molecule has 3 aliphatic carbocycles. The highest BCUT2D eigenvalue weighted by Gasteiger charge is 2.48. The van der Waals surface area contributed by atoms with Gasteiger partial charge in [-0.1, -0.05) is 31.4 Å². The Bertz CT molecular complexity index is 795. The normalized spacial score (nSPS) is 28.9. The number of rotatable bonds is 5. The number of fused-ring (bicyclic) bond motifs is 2. The predicted molar refractivity (Wildman–Crippen MR) is 102 cm³/mol. The third-order valence-electron chi connectivity index (χ3n) is 6.39. The average molecular weight is 381 g/mol. The summed E-state index contributed by atoms with van der Waals surface area (Å²) >= 11 is 0. The molecule has 148 valence electrons. The molecule has 2 N–H and O–H groups in total. The van der Waals surface area contributed by atoms with Crippen molar-refractivity contribution in [2.24, 2.45) is 23.7 Å². The van der Waals surface area contributed by atoms with Gasteiger partial charge in [-0.05, 0) is 55.4 Å². The largest absolute Gasteiger partial charge is 0.550 e. The van der Waals surface area contributed by atoms with E-state index < -0.39 is 17.8 Å². The zero-order chi connectivity index (χ0) is 19.7. The molecular formula is C22H25N2O4-. The van der Waals surface area contributed by atoms with Crippen LogP contribution in [0.4, 0.5) is 5.69 Å². The van der Waals surface area contributed by atoms with E-state index in [0.29, 0.717) is 17.7 Å². The number of anilines is 1. The highest BCUT2D eigenvalue weighted by atomic mass is 16.4. The van der Waals surface area contributed by atoms with Crippen molar-refractivity contribution in [3.63, 3.8) is 0 Å². The van der Waals surface area contributed by atoms with Crippen LogP contribution < -0.4 is 15.7 Å². The summed E-state index contributed by atoms with van der Waals surface area (Å²) < 4.78 is 0. The zero-order valence-corrected chi connectivity index (χ0v) is 15.7. The Hall–Kier alpha value is -2.63. The Kier molecular flexibility index (Phi) is 5.20. The number of carbonyl (C=O) groups excluding carboxylic acids is 3. The molecule has 4 rings (SSSR count). The van der Waals surface area contributed by atoms with Crippen molar-refractivity contribution in [1.29, 1.82) is 0 Å². The number of hydrogen-bond acceptors (Lipinski definition) is 4. The van der Waals surface area contributed by atoms with Crippen molar-refractivity contribution in [2.75, 3.05) is 5.32 Å². The van der Waals surface area contributed by atoms with Crippen LogP contribution in [0.1, 0.15) is 48.9 Å². The zero-order valence-electron chi connectivity index (χ0n) is 15.7. The van der Waals surface area contributed by atoms with Crippen LogP contribution in [0.5, 0.6) is 0 Å². The fraction of sp³-hybridized carbons (Fsp3) is 0.500. The lowest BCUT2D eigenvalue weighted by molar-refractivity contribution is -0.313. The summed E-state index contributed by atoms with van der Waals surface area (Å²) in [7, 11) is 0. The van der Waals surface area contributed by atoms with Crippen LogP contribution in [0.25, 0.3) is 0 Å². The maximum absolute atomic E-state index is 12.7. The van der Waals surface area contributed by atoms with Gasteiger partial charge in [-0.3, -0.25) is 9.59 Å². The molecule has 2 bridgehead atoms. The minimum atomic E-state index is -1.16. The van der Waals surface area contributed by atoms with Crippen LogP contribution in [0.2, 0.25) is 0 Å². The Labute approximate surface area is 164 Å². The van der Waals surface area contributed by atoms with Crippen LogP contribution in [0, 0.1) is 23.7 Å². The van der Waals surface area contributed by atoms with Crippen molar-refractivity contribution in [3.05, 3.63) is 42.0 Å². The molecule has 0 radical (unpaired) electrons. The number of carboxylic acid groups (broad SMARTS) is 1. The van der Waals surface area contributed by atoms with E-state index in [9.17, 15) is 19.5 Å². The van der Waals surface area contributed by atoms with E-state index in [4.69, 9.17) is 0 Å². The summed E-state index contributed by atoms with van der Waals surface area (Å²) in [6, 6.07) is 6.98. The van der Waals surface area contributed by atoms with Crippen molar-refractivity contribution >= 4 is 23.5 Å². The minimum Gasteiger partial charge on any atom is -0.550 e. The van der Waals surface area contributed by atoms with E-state index >= 15 is 0 Å². The summed E-state index contributed by atoms with van der Waals surface area (Å²) in [6.07, 6.45) is 10.1. The Balaban J connectivity index is 1.37. The molecule has 0 unspecified atom stereocenters. The standard InChI is InChI=1S/C22H26N2O4/c25-20(23-16-4-2-1-3-5-16)13-8-10-17(11-9-13)24-21(26)18-14-6-7-15(12-14)19(18)22(27)28/h6-11,14-16,18-19H,1-5,12H2,(H,23,25)(H,24,26)(H,27,28)/p-1/t14-,15+,18-,19+/m1/s1. The summed E-state index contributed by atoms with van der Waals surface area (Å²) in [6.45, 7) is 0. The predicted octanol–water partition coefficient (Wildman–Crippen LogP) is 1.88. The van der Waals surface area contributed by atoms with Gasteiger partial charge in [0.05, 0.1) is 5.92 Å². The molecule has 28 heavy (non-hydrogen) atoms. The number of allylic oxidation sites excluding steroid dienone is 2. The molecule has 1 aromatic rings. The second-order valence-corrected chi connectivity index (χ2v) is 8.19. The topological polar surface area (TPSA) is 98.3 Å². The molecule has 0 heterocycles. The number of carboxylic acids is 1. The van der Waals surface area contributed by atoms with Crippen molar-refractivity contribution in [3.8, 4) is 0 Å². The minimum absolute atomic E-state index is 0.0477. The van der Waals surface area contributed by atoms with E-state index in [0.717, 1.165) is 25.7 Å². The number of hydrogen-bond donors (Lipinski definition) is 2. The molecule has 0 saturated heterocycles. The van der Waals surface area contributed by atoms with Gasteiger partial charge in [-0.2, -0.15) is 0 Å². The fourth-order valence-corrected chi connectivity index (χ4v) is 4.95. The van der Waals surface area contributed by atoms with Crippen LogP contribution in [-0.2, 0) is 9.59 Å². The average Bonchev–Trinajstić information content (AvgIpc) is 3.31. The SMILES string of the molecule is O=C(NC1CCCCC1)c1ccc(NC(=O)[C@H]2[C@@H](C(=O)[O-])[C@H]3C=C[C@@H]2C3)cc1. The molecule has 3 aliphatic rings. The molecule has 6 heteroatoms. The quantitative estimate of drug-likeness (QED) is 0.761. The monoisotopic (exact) mass is 381 g/mol. The summed E-state index contributed by atoms with van der Waals surface area (Å²) in [5.74, 6) is -3.09. The lowest BCUT2D eigenvalue weighted by Crippen LogP contribution is -2.42. The van der Waals surface area contributed by atoms with Gasteiger partial charge >= 0.3 is 0 Å². The lowest BCUT2D eigenvalue weighted by atomic mass is 9.82. The van der Waals surface area contributed by atoms with Gasteiger partial charge in [0.25, 0.3) is 5.91 Å². The van der Waals surface area contributed by atoms with Gasteiger partial charge in [0.1, 0.15) is 0 Å². The highest BCUT2D eigenvalue weighted by molar-refractivity contribution is 5.98. The van der Waals surface area contributed by atoms with Gasteiger partial charge in [0.15, 0.2) is 0 Å². The van der Waals surface area contributed by atoms with E-state index in [-0.39, 0.29) is 29.7 Å². The number of benzene rings is 1. The molecular weight excluding hydrogens is 356 g/mol. The molecule has 4 atom stereocenters. The molecule has 0 aliphatic heterocycles. The molecule has 2 saturated carbocycles. The third kappa shape index (κ3) is 3.68. The van der Waals surface area contributed by atoms with E-state index in [1.807, 2.05) is 12.2 Å². The molecule has 0 aromatic heterocycles. The first-order valence-corrected chi connectivity index (χ1v) is 10.1. The van der Waals surface area contributed by atoms with E-state index in [1.165, 1.54) is 6.42 Å². The van der Waals surface area contributed by atoms with Gasteiger partial charge in [-0.25, -0.2) is 0 Å². The van der Waals surface area contributed by atoms with E-state index in [1.54, 1.807) is 24.3 Å². The number of carbonyl (C=O) groups is 3. The second-order valence-electron chi connectivity index (χ2n) is 8.19. The number of amides is 2. The molecule has 6 nitrogen and oxygen atoms in total. The van der Waals surface area contributed by atoms with Crippen molar-refractivity contribution in [2.45, 2.75) is 44.6 Å². The van der Waals surface area contributed by atoms with Crippen LogP contribution >= 0.6 is 0 Å². The Morgan fingerprint density at radius 3 is 2.18 bits per heavy atom. The first-order chi connectivity index (χ1) is 13.5. The van der Waals surface area contributed by atoms with Crippen LogP contribution in [0.15, 0.2) is 36.4 Å². The van der Waals surface area contributed by atoms with Crippen LogP contribution in [-0.4, -0.2) is 23.8 Å². The first-order valence-electron chi connectivity index (χ1n) is 10.1.